The maximum Gasteiger partial charge on any atom is 0.408 e. The number of amides is 1. The molecule has 14 heteroatoms. The third-order valence-electron chi connectivity index (χ3n) is 11.8. The first-order valence-corrected chi connectivity index (χ1v) is 19.3. The Hall–Kier alpha value is -3.82. The smallest absolute Gasteiger partial charge is 0.408 e. The van der Waals surface area contributed by atoms with Gasteiger partial charge in [-0.1, -0.05) is 45.9 Å². The third kappa shape index (κ3) is 8.93. The zero-order chi connectivity index (χ0) is 40.4. The van der Waals surface area contributed by atoms with Crippen LogP contribution in [0.25, 0.3) is 17.0 Å². The summed E-state index contributed by atoms with van der Waals surface area (Å²) in [6, 6.07) is 6.51. The van der Waals surface area contributed by atoms with Crippen molar-refractivity contribution in [1.82, 2.24) is 20.4 Å². The number of aromatic nitrogens is 2. The summed E-state index contributed by atoms with van der Waals surface area (Å²) in [5.41, 5.74) is -1.07. The number of carbonyl (C=O) groups excluding carboxylic acids is 4. The Bertz CT molecular complexity index is 1750. The fourth-order valence-corrected chi connectivity index (χ4v) is 8.66. The highest BCUT2D eigenvalue weighted by molar-refractivity contribution is 6.00. The van der Waals surface area contributed by atoms with Crippen LogP contribution in [0.2, 0.25) is 0 Å². The number of Topliss-reactive ketones (excluding diaryl/α,β-unsaturated/α-hetero) is 2. The number of ether oxygens (including phenoxy) is 5. The second kappa shape index (κ2) is 17.1. The minimum atomic E-state index is -1.38. The van der Waals surface area contributed by atoms with E-state index in [1.807, 2.05) is 62.3 Å². The van der Waals surface area contributed by atoms with Gasteiger partial charge in [0.25, 0.3) is 0 Å². The van der Waals surface area contributed by atoms with E-state index in [1.54, 1.807) is 47.7 Å². The molecule has 3 fully saturated rings. The molecule has 0 saturated carbocycles. The molecule has 3 aliphatic rings. The summed E-state index contributed by atoms with van der Waals surface area (Å²) in [7, 11) is 3.74. The molecule has 0 aliphatic carbocycles. The van der Waals surface area contributed by atoms with Crippen LogP contribution < -0.4 is 5.32 Å². The first-order chi connectivity index (χ1) is 25.9. The number of fused-ring (bicyclic) bond motifs is 2. The van der Waals surface area contributed by atoms with Crippen molar-refractivity contribution < 1.29 is 48.0 Å². The van der Waals surface area contributed by atoms with E-state index in [0.29, 0.717) is 6.42 Å². The van der Waals surface area contributed by atoms with Crippen molar-refractivity contribution in [1.29, 1.82) is 0 Å². The summed E-state index contributed by atoms with van der Waals surface area (Å²) >= 11 is 0. The highest BCUT2D eigenvalue weighted by Crippen LogP contribution is 2.40. The summed E-state index contributed by atoms with van der Waals surface area (Å²) in [5, 5.41) is 23.4. The van der Waals surface area contributed by atoms with Gasteiger partial charge >= 0.3 is 12.1 Å². The second-order valence-corrected chi connectivity index (χ2v) is 16.2. The lowest BCUT2D eigenvalue weighted by molar-refractivity contribution is -0.296. The minimum absolute atomic E-state index is 0.0611. The molecule has 13 atom stereocenters. The number of cyclic esters (lactones) is 1. The predicted molar refractivity (Wildman–Crippen MR) is 204 cm³/mol. The second-order valence-electron chi connectivity index (χ2n) is 16.2. The average molecular weight is 767 g/mol. The normalized spacial score (nSPS) is 38.1. The molecule has 0 bridgehead atoms. The fraction of sp³-hybridized carbons (Fsp3) is 0.659. The average Bonchev–Trinajstić information content (AvgIpc) is 3.47. The predicted octanol–water partition coefficient (Wildman–Crippen LogP) is 4.50. The molecule has 0 spiro atoms. The van der Waals surface area contributed by atoms with E-state index < -0.39 is 83.4 Å². The number of aliphatic hydroxyl groups excluding tert-OH is 1. The van der Waals surface area contributed by atoms with Gasteiger partial charge in [0.2, 0.25) is 0 Å². The summed E-state index contributed by atoms with van der Waals surface area (Å²) < 4.78 is 31.4. The zero-order valence-corrected chi connectivity index (χ0v) is 33.7. The highest BCUT2D eigenvalue weighted by Gasteiger charge is 2.57. The Labute approximate surface area is 323 Å². The molecule has 0 radical (unpaired) electrons. The lowest BCUT2D eigenvalue weighted by atomic mass is 9.73. The Morgan fingerprint density at radius 3 is 2.45 bits per heavy atom. The summed E-state index contributed by atoms with van der Waals surface area (Å²) in [6.45, 7) is 13.8. The molecule has 3 aliphatic heterocycles. The lowest BCUT2D eigenvalue weighted by Crippen LogP contribution is -2.60. The summed E-state index contributed by atoms with van der Waals surface area (Å²) in [6.07, 6.45) is 0.977. The van der Waals surface area contributed by atoms with Crippen LogP contribution in [0.3, 0.4) is 0 Å². The van der Waals surface area contributed by atoms with E-state index in [4.69, 9.17) is 23.7 Å². The number of hydrogen-bond donors (Lipinski definition) is 2. The Morgan fingerprint density at radius 1 is 1.04 bits per heavy atom. The molecule has 302 valence electrons. The van der Waals surface area contributed by atoms with Gasteiger partial charge in [-0.05, 0) is 84.8 Å². The molecule has 2 N–H and O–H groups in total. The van der Waals surface area contributed by atoms with Gasteiger partial charge in [-0.3, -0.25) is 14.4 Å². The van der Waals surface area contributed by atoms with Crippen LogP contribution in [0.4, 0.5) is 4.79 Å². The monoisotopic (exact) mass is 766 g/mol. The van der Waals surface area contributed by atoms with Gasteiger partial charge in [0.15, 0.2) is 17.7 Å². The standard InChI is InChI=1S/C41H58N4O10/c1-11-31-41(8)35(43-39(50)55-41)24(4)32(46)22(2)21-40(7,51-18-12-13-27-14-15-29-28(20-27)16-17-42-44-29)36(25(5)33(47)26(6)37(49)53-31)54-38-34(48)30(45(9)10)19-23(3)52-38/h12-17,20,22-26,30-31,34-36,38,48H,11,18-19,21H2,1-10H3,(H,43,50)/b13-12+/t22-,23-,24+,25+,26-,30+,31-,34-,35-,36-,38+,40-,41-/m1/s1. The van der Waals surface area contributed by atoms with Crippen molar-refractivity contribution >= 4 is 40.6 Å². The molecule has 3 saturated heterocycles. The van der Waals surface area contributed by atoms with Crippen LogP contribution in [0.15, 0.2) is 36.5 Å². The molecule has 0 unspecified atom stereocenters. The van der Waals surface area contributed by atoms with E-state index in [2.05, 4.69) is 15.5 Å². The van der Waals surface area contributed by atoms with E-state index in [-0.39, 0.29) is 37.4 Å². The first-order valence-electron chi connectivity index (χ1n) is 19.3. The summed E-state index contributed by atoms with van der Waals surface area (Å²) in [4.78, 5) is 57.3. The van der Waals surface area contributed by atoms with Crippen molar-refractivity contribution in [3.8, 4) is 0 Å². The van der Waals surface area contributed by atoms with Crippen LogP contribution in [0, 0.1) is 23.7 Å². The van der Waals surface area contributed by atoms with Gasteiger partial charge in [0.1, 0.15) is 23.9 Å². The molecular formula is C41H58N4O10. The van der Waals surface area contributed by atoms with E-state index in [9.17, 15) is 24.3 Å². The molecule has 55 heavy (non-hydrogen) atoms. The maximum atomic E-state index is 14.4. The fourth-order valence-electron chi connectivity index (χ4n) is 8.66. The van der Waals surface area contributed by atoms with Gasteiger partial charge in [-0.2, -0.15) is 10.2 Å². The number of hydrogen-bond acceptors (Lipinski definition) is 13. The molecule has 14 nitrogen and oxygen atoms in total. The molecule has 4 heterocycles. The quantitative estimate of drug-likeness (QED) is 0.284. The molecule has 2 aromatic rings. The Balaban J connectivity index is 1.56. The van der Waals surface area contributed by atoms with Crippen molar-refractivity contribution in [3.05, 3.63) is 42.1 Å². The van der Waals surface area contributed by atoms with Crippen LogP contribution in [0.1, 0.15) is 80.2 Å². The topological polar surface area (TPSA) is 176 Å². The van der Waals surface area contributed by atoms with E-state index in [0.717, 1.165) is 16.5 Å². The van der Waals surface area contributed by atoms with Crippen LogP contribution >= 0.6 is 0 Å². The number of nitrogens with zero attached hydrogens (tertiary/aromatic N) is 3. The number of likely N-dealkylation sites (N-methyl/N-ethyl adjacent to an activating group) is 1. The first kappa shape index (κ1) is 42.3. The minimum Gasteiger partial charge on any atom is -0.458 e. The van der Waals surface area contributed by atoms with E-state index in [1.165, 1.54) is 6.92 Å². The maximum absolute atomic E-state index is 14.4. The van der Waals surface area contributed by atoms with Crippen molar-refractivity contribution in [2.45, 2.75) is 129 Å². The number of nitrogens with one attached hydrogen (secondary N) is 1. The number of rotatable bonds is 8. The number of ketones is 2. The molecule has 1 amide bonds. The highest BCUT2D eigenvalue weighted by atomic mass is 16.7. The van der Waals surface area contributed by atoms with Crippen molar-refractivity contribution in [2.75, 3.05) is 20.7 Å². The van der Waals surface area contributed by atoms with Crippen LogP contribution in [-0.2, 0) is 38.1 Å². The molecule has 1 aromatic heterocycles. The zero-order valence-electron chi connectivity index (χ0n) is 33.7. The molecular weight excluding hydrogens is 708 g/mol. The van der Waals surface area contributed by atoms with Gasteiger partial charge in [0, 0.05) is 29.2 Å². The van der Waals surface area contributed by atoms with Gasteiger partial charge in [-0.25, -0.2) is 4.79 Å². The summed E-state index contributed by atoms with van der Waals surface area (Å²) in [5.74, 6) is -5.14. The van der Waals surface area contributed by atoms with Gasteiger partial charge in [0.05, 0.1) is 42.2 Å². The number of alkyl carbamates (subject to hydrolysis) is 1. The third-order valence-corrected chi connectivity index (χ3v) is 11.8. The molecule has 1 aromatic carbocycles. The lowest BCUT2D eigenvalue weighted by Gasteiger charge is -2.47. The van der Waals surface area contributed by atoms with Crippen LogP contribution in [0.5, 0.6) is 0 Å². The number of esters is 1. The van der Waals surface area contributed by atoms with Gasteiger partial charge < -0.3 is 39.0 Å². The number of benzene rings is 1. The number of aliphatic hydroxyl groups is 1. The van der Waals surface area contributed by atoms with Crippen LogP contribution in [-0.4, -0.2) is 119 Å². The molecule has 5 rings (SSSR count). The Kier molecular flexibility index (Phi) is 13.2. The number of carbonyl (C=O) groups is 4. The Morgan fingerprint density at radius 2 is 1.76 bits per heavy atom. The van der Waals surface area contributed by atoms with E-state index >= 15 is 0 Å². The van der Waals surface area contributed by atoms with Crippen molar-refractivity contribution in [3.63, 3.8) is 0 Å². The van der Waals surface area contributed by atoms with Crippen molar-refractivity contribution in [2.24, 2.45) is 23.7 Å². The SMILES string of the molecule is CC[C@H]1OC(=O)[C@H](C)C(=O)[C@H](C)[C@@H](O[C@@H]2O[C@H](C)C[C@H](N(C)C)[C@H]2O)[C@](C)(OC/C=C/c2ccc3nnccc3c2)C[C@@H](C)C(=O)[C@H](C)[C@H]2NC(=O)O[C@@]21C. The van der Waals surface area contributed by atoms with Gasteiger partial charge in [-0.15, -0.1) is 0 Å². The largest absolute Gasteiger partial charge is 0.458 e.